The molecule has 5 rings (SSSR count). The number of nitrogens with two attached hydrogens (primary N) is 1. The number of likely N-dealkylation sites (tertiary alicyclic amines) is 1. The van der Waals surface area contributed by atoms with E-state index in [1.54, 1.807) is 24.3 Å². The summed E-state index contributed by atoms with van der Waals surface area (Å²) >= 11 is 0. The minimum absolute atomic E-state index is 0.0381. The van der Waals surface area contributed by atoms with E-state index in [-0.39, 0.29) is 48.5 Å². The monoisotopic (exact) mass is 657 g/mol. The van der Waals surface area contributed by atoms with Crippen molar-refractivity contribution in [3.8, 4) is 0 Å². The van der Waals surface area contributed by atoms with Crippen molar-refractivity contribution in [2.24, 2.45) is 29.4 Å². The number of alkyl halides is 1. The number of hydrogen-bond acceptors (Lipinski definition) is 8. The van der Waals surface area contributed by atoms with Crippen molar-refractivity contribution in [2.75, 3.05) is 45.0 Å². The second-order valence-corrected chi connectivity index (χ2v) is 13.5. The van der Waals surface area contributed by atoms with Crippen LogP contribution in [0.2, 0.25) is 0 Å². The molecule has 1 aromatic carbocycles. The number of benzene rings is 1. The zero-order valence-electron chi connectivity index (χ0n) is 27.9. The van der Waals surface area contributed by atoms with Gasteiger partial charge in [0.15, 0.2) is 0 Å². The Kier molecular flexibility index (Phi) is 12.7. The average molecular weight is 658 g/mol. The van der Waals surface area contributed by atoms with E-state index >= 15 is 0 Å². The van der Waals surface area contributed by atoms with Crippen molar-refractivity contribution < 1.29 is 37.4 Å². The van der Waals surface area contributed by atoms with Crippen LogP contribution in [0.3, 0.4) is 0 Å². The lowest BCUT2D eigenvalue weighted by molar-refractivity contribution is -0.142. The Morgan fingerprint density at radius 3 is 2.34 bits per heavy atom. The maximum atomic E-state index is 14.1. The number of rotatable bonds is 14. The van der Waals surface area contributed by atoms with Gasteiger partial charge in [-0.25, -0.2) is 9.18 Å². The zero-order chi connectivity index (χ0) is 33.3. The van der Waals surface area contributed by atoms with Crippen molar-refractivity contribution in [1.82, 2.24) is 4.90 Å². The van der Waals surface area contributed by atoms with Crippen LogP contribution in [-0.4, -0.2) is 80.5 Å². The van der Waals surface area contributed by atoms with E-state index in [4.69, 9.17) is 24.4 Å². The molecule has 10 nitrogen and oxygen atoms in total. The fourth-order valence-electron chi connectivity index (χ4n) is 7.87. The van der Waals surface area contributed by atoms with Gasteiger partial charge in [0.2, 0.25) is 17.6 Å². The number of esters is 1. The smallest absolute Gasteiger partial charge is 0.374 e. The van der Waals surface area contributed by atoms with Crippen LogP contribution in [0.15, 0.2) is 28.7 Å². The van der Waals surface area contributed by atoms with Gasteiger partial charge in [-0.2, -0.15) is 0 Å². The summed E-state index contributed by atoms with van der Waals surface area (Å²) < 4.78 is 35.4. The van der Waals surface area contributed by atoms with Crippen LogP contribution < -0.4 is 11.1 Å². The topological polar surface area (TPSA) is 133 Å². The fourth-order valence-corrected chi connectivity index (χ4v) is 7.87. The highest BCUT2D eigenvalue weighted by molar-refractivity contribution is 6.00. The standard InChI is InChI=1S/C36H52FN3O7/c1-3-44-21-28(22-45-4-2)46-36(43)32-19-26-18-27(14-15-31(26)47-32)39-34(41)33-29(23-8-6-5-7-9-23)16-17-40(33)35(42)25-12-10-24(11-13-25)30(38)20-37/h14-15,18-19,23-25,28-30,33H,3-13,16-17,20-22,38H2,1-2H3,(H,39,41)/t24-,25-,29-,30+,33-/m0/s1. The number of carbonyl (C=O) groups excluding carboxylic acids is 3. The molecule has 1 aromatic heterocycles. The van der Waals surface area contributed by atoms with Crippen molar-refractivity contribution in [3.63, 3.8) is 0 Å². The summed E-state index contributed by atoms with van der Waals surface area (Å²) in [6.45, 7) is 5.18. The average Bonchev–Trinajstić information content (AvgIpc) is 3.74. The number of fused-ring (bicyclic) bond motifs is 1. The van der Waals surface area contributed by atoms with Crippen molar-refractivity contribution >= 4 is 34.4 Å². The SMILES string of the molecule is CCOCC(COCC)OC(=O)c1cc2cc(NC(=O)[C@@H]3[C@H](C4CCCCC4)CCN3C(=O)[C@H]3CC[C@H]([C@H](N)CF)CC3)ccc2o1. The first-order valence-electron chi connectivity index (χ1n) is 17.7. The molecular formula is C36H52FN3O7. The first kappa shape index (κ1) is 35.3. The van der Waals surface area contributed by atoms with Crippen LogP contribution in [0.1, 0.15) is 88.6 Å². The summed E-state index contributed by atoms with van der Waals surface area (Å²) in [6, 6.07) is 5.83. The number of ether oxygens (including phenoxy) is 3. The van der Waals surface area contributed by atoms with Gasteiger partial charge in [0.1, 0.15) is 24.4 Å². The van der Waals surface area contributed by atoms with Crippen molar-refractivity contribution in [2.45, 2.75) is 96.2 Å². The largest absolute Gasteiger partial charge is 0.452 e. The Bertz CT molecular complexity index is 1330. The van der Waals surface area contributed by atoms with Gasteiger partial charge in [0.25, 0.3) is 0 Å². The molecule has 260 valence electrons. The first-order valence-corrected chi connectivity index (χ1v) is 17.7. The number of nitrogens with one attached hydrogen (secondary N) is 1. The molecule has 0 bridgehead atoms. The molecule has 3 fully saturated rings. The van der Waals surface area contributed by atoms with Gasteiger partial charge in [-0.15, -0.1) is 0 Å². The third-order valence-electron chi connectivity index (χ3n) is 10.4. The van der Waals surface area contributed by atoms with Gasteiger partial charge in [-0.3, -0.25) is 9.59 Å². The third kappa shape index (κ3) is 8.72. The first-order chi connectivity index (χ1) is 22.8. The van der Waals surface area contributed by atoms with E-state index in [9.17, 15) is 18.8 Å². The summed E-state index contributed by atoms with van der Waals surface area (Å²) in [5, 5.41) is 3.74. The zero-order valence-corrected chi connectivity index (χ0v) is 27.9. The molecule has 3 aliphatic rings. The predicted octanol–water partition coefficient (Wildman–Crippen LogP) is 5.87. The normalized spacial score (nSPS) is 24.5. The maximum absolute atomic E-state index is 14.1. The van der Waals surface area contributed by atoms with Gasteiger partial charge < -0.3 is 34.6 Å². The summed E-state index contributed by atoms with van der Waals surface area (Å²) in [4.78, 5) is 42.8. The van der Waals surface area contributed by atoms with Gasteiger partial charge in [0.05, 0.1) is 13.2 Å². The number of furan rings is 1. The molecule has 2 amide bonds. The lowest BCUT2D eigenvalue weighted by atomic mass is 9.76. The summed E-state index contributed by atoms with van der Waals surface area (Å²) in [6.07, 6.45) is 8.76. The molecular weight excluding hydrogens is 605 g/mol. The highest BCUT2D eigenvalue weighted by Gasteiger charge is 2.47. The van der Waals surface area contributed by atoms with Crippen LogP contribution in [0, 0.1) is 23.7 Å². The van der Waals surface area contributed by atoms with Crippen LogP contribution in [0.25, 0.3) is 11.0 Å². The Labute approximate surface area is 277 Å². The minimum Gasteiger partial charge on any atom is -0.452 e. The van der Waals surface area contributed by atoms with Crippen LogP contribution >= 0.6 is 0 Å². The summed E-state index contributed by atoms with van der Waals surface area (Å²) in [7, 11) is 0. The molecule has 3 atom stereocenters. The molecule has 1 aliphatic heterocycles. The lowest BCUT2D eigenvalue weighted by Gasteiger charge is -2.36. The molecule has 2 saturated carbocycles. The Balaban J connectivity index is 1.29. The molecule has 0 spiro atoms. The summed E-state index contributed by atoms with van der Waals surface area (Å²) in [5.41, 5.74) is 7.02. The van der Waals surface area contributed by atoms with E-state index in [1.165, 1.54) is 6.42 Å². The molecule has 0 unspecified atom stereocenters. The second-order valence-electron chi connectivity index (χ2n) is 13.5. The predicted molar refractivity (Wildman–Crippen MR) is 177 cm³/mol. The number of halogens is 1. The van der Waals surface area contributed by atoms with Crippen LogP contribution in [0.5, 0.6) is 0 Å². The molecule has 2 aliphatic carbocycles. The second kappa shape index (κ2) is 16.9. The van der Waals surface area contributed by atoms with Crippen molar-refractivity contribution in [1.29, 1.82) is 0 Å². The molecule has 11 heteroatoms. The molecule has 0 radical (unpaired) electrons. The van der Waals surface area contributed by atoms with Gasteiger partial charge in [-0.05, 0) is 88.0 Å². The number of nitrogens with zero attached hydrogens (tertiary/aromatic N) is 1. The fraction of sp³-hybridized carbons (Fsp3) is 0.694. The third-order valence-corrected chi connectivity index (χ3v) is 10.4. The number of anilines is 1. The highest BCUT2D eigenvalue weighted by atomic mass is 19.1. The number of hydrogen-bond donors (Lipinski definition) is 2. The van der Waals surface area contributed by atoms with Gasteiger partial charge in [0, 0.05) is 42.8 Å². The molecule has 1 saturated heterocycles. The molecule has 2 aromatic rings. The molecule has 3 N–H and O–H groups in total. The van der Waals surface area contributed by atoms with Crippen LogP contribution in [0.4, 0.5) is 10.1 Å². The summed E-state index contributed by atoms with van der Waals surface area (Å²) in [5.74, 6) is -0.261. The maximum Gasteiger partial charge on any atom is 0.374 e. The lowest BCUT2D eigenvalue weighted by Crippen LogP contribution is -2.50. The van der Waals surface area contributed by atoms with Gasteiger partial charge in [-0.1, -0.05) is 32.1 Å². The van der Waals surface area contributed by atoms with Crippen molar-refractivity contribution in [3.05, 3.63) is 30.0 Å². The van der Waals surface area contributed by atoms with E-state index in [2.05, 4.69) is 5.32 Å². The Morgan fingerprint density at radius 1 is 0.979 bits per heavy atom. The molecule has 47 heavy (non-hydrogen) atoms. The van der Waals surface area contributed by atoms with E-state index in [0.29, 0.717) is 55.2 Å². The highest BCUT2D eigenvalue weighted by Crippen LogP contribution is 2.41. The Hall–Kier alpha value is -3.02. The minimum atomic E-state index is -0.618. The van der Waals surface area contributed by atoms with Gasteiger partial charge >= 0.3 is 5.97 Å². The van der Waals surface area contributed by atoms with E-state index in [0.717, 1.165) is 44.9 Å². The number of carbonyl (C=O) groups is 3. The van der Waals surface area contributed by atoms with E-state index in [1.807, 2.05) is 18.7 Å². The quantitative estimate of drug-likeness (QED) is 0.241. The van der Waals surface area contributed by atoms with Crippen LogP contribution in [-0.2, 0) is 23.8 Å². The Morgan fingerprint density at radius 2 is 1.68 bits per heavy atom. The number of amides is 2. The van der Waals surface area contributed by atoms with E-state index < -0.39 is 30.8 Å². The molecule has 2 heterocycles.